The summed E-state index contributed by atoms with van der Waals surface area (Å²) in [6.45, 7) is 2.57. The summed E-state index contributed by atoms with van der Waals surface area (Å²) in [5, 5.41) is 6.10. The summed E-state index contributed by atoms with van der Waals surface area (Å²) in [5.74, 6) is -0.427. The lowest BCUT2D eigenvalue weighted by atomic mass is 10.2. The van der Waals surface area contributed by atoms with Crippen molar-refractivity contribution in [2.24, 2.45) is 5.73 Å². The number of amides is 1. The molecule has 0 bridgehead atoms. The van der Waals surface area contributed by atoms with Crippen LogP contribution in [0.4, 0.5) is 10.8 Å². The number of para-hydroxylation sites is 1. The van der Waals surface area contributed by atoms with Crippen molar-refractivity contribution in [3.63, 3.8) is 0 Å². The maximum Gasteiger partial charge on any atom is 0.250 e. The Morgan fingerprint density at radius 3 is 2.46 bits per heavy atom. The van der Waals surface area contributed by atoms with E-state index < -0.39 is 5.91 Å². The molecule has 0 radical (unpaired) electrons. The van der Waals surface area contributed by atoms with Gasteiger partial charge in [-0.05, 0) is 30.7 Å². The first-order valence-corrected chi connectivity index (χ1v) is 9.81. The molecule has 28 heavy (non-hydrogen) atoms. The average molecular weight is 388 g/mol. The Labute approximate surface area is 167 Å². The molecule has 0 spiro atoms. The Hall–Kier alpha value is -3.38. The highest BCUT2D eigenvalue weighted by Gasteiger charge is 2.19. The van der Waals surface area contributed by atoms with E-state index in [1.165, 1.54) is 11.3 Å². The van der Waals surface area contributed by atoms with Crippen molar-refractivity contribution >= 4 is 28.1 Å². The van der Waals surface area contributed by atoms with E-state index in [9.17, 15) is 4.79 Å². The molecule has 0 aliphatic heterocycles. The van der Waals surface area contributed by atoms with Gasteiger partial charge in [0.15, 0.2) is 5.13 Å². The first-order valence-electron chi connectivity index (χ1n) is 8.93. The number of hydrogen-bond acceptors (Lipinski definition) is 4. The zero-order valence-corrected chi connectivity index (χ0v) is 16.2. The molecular formula is C22H20N4OS. The highest BCUT2D eigenvalue weighted by atomic mass is 32.1. The van der Waals surface area contributed by atoms with Crippen LogP contribution in [0.1, 0.15) is 21.6 Å². The number of nitrogens with zero attached hydrogens (tertiary/aromatic N) is 2. The van der Waals surface area contributed by atoms with Crippen LogP contribution in [0.3, 0.4) is 0 Å². The van der Waals surface area contributed by atoms with Crippen molar-refractivity contribution in [2.45, 2.75) is 13.5 Å². The summed E-state index contributed by atoms with van der Waals surface area (Å²) in [6, 6.07) is 21.9. The first kappa shape index (κ1) is 18.0. The molecule has 2 heterocycles. The predicted molar refractivity (Wildman–Crippen MR) is 114 cm³/mol. The summed E-state index contributed by atoms with van der Waals surface area (Å²) in [4.78, 5) is 16.6. The molecule has 0 aliphatic carbocycles. The number of anilines is 2. The number of hydrogen-bond donors (Lipinski definition) is 2. The van der Waals surface area contributed by atoms with Crippen LogP contribution in [0, 0.1) is 6.92 Å². The lowest BCUT2D eigenvalue weighted by molar-refractivity contribution is 0.0999. The van der Waals surface area contributed by atoms with E-state index in [0.29, 0.717) is 12.1 Å². The average Bonchev–Trinajstić information content (AvgIpc) is 3.28. The van der Waals surface area contributed by atoms with Gasteiger partial charge < -0.3 is 15.6 Å². The molecule has 0 aliphatic rings. The monoisotopic (exact) mass is 388 g/mol. The van der Waals surface area contributed by atoms with Gasteiger partial charge in [0.05, 0.1) is 17.0 Å². The number of rotatable bonds is 6. The quantitative estimate of drug-likeness (QED) is 0.498. The van der Waals surface area contributed by atoms with Crippen molar-refractivity contribution < 1.29 is 4.79 Å². The van der Waals surface area contributed by atoms with E-state index in [-0.39, 0.29) is 0 Å². The maximum absolute atomic E-state index is 11.9. The Balaban J connectivity index is 1.70. The van der Waals surface area contributed by atoms with E-state index in [1.54, 1.807) is 0 Å². The van der Waals surface area contributed by atoms with Gasteiger partial charge >= 0.3 is 0 Å². The number of carbonyl (C=O) groups is 1. The van der Waals surface area contributed by atoms with E-state index in [1.807, 2.05) is 66.9 Å². The van der Waals surface area contributed by atoms with Crippen LogP contribution in [0.25, 0.3) is 11.4 Å². The minimum Gasteiger partial charge on any atom is -0.366 e. The van der Waals surface area contributed by atoms with E-state index in [4.69, 9.17) is 10.7 Å². The van der Waals surface area contributed by atoms with E-state index >= 15 is 0 Å². The minimum absolute atomic E-state index is 0.427. The minimum atomic E-state index is -0.427. The van der Waals surface area contributed by atoms with Gasteiger partial charge in [0.25, 0.3) is 5.91 Å². The van der Waals surface area contributed by atoms with Gasteiger partial charge in [0.2, 0.25) is 0 Å². The molecule has 4 aromatic rings. The second kappa shape index (κ2) is 7.70. The summed E-state index contributed by atoms with van der Waals surface area (Å²) in [5.41, 5.74) is 10.8. The number of benzene rings is 2. The molecule has 2 aromatic carbocycles. The largest absolute Gasteiger partial charge is 0.366 e. The van der Waals surface area contributed by atoms with Crippen molar-refractivity contribution in [3.05, 3.63) is 88.9 Å². The molecule has 0 fully saturated rings. The summed E-state index contributed by atoms with van der Waals surface area (Å²) < 4.78 is 2.09. The summed E-state index contributed by atoms with van der Waals surface area (Å²) >= 11 is 1.53. The number of nitrogens with one attached hydrogen (secondary N) is 1. The van der Waals surface area contributed by atoms with Crippen LogP contribution in [-0.4, -0.2) is 15.5 Å². The van der Waals surface area contributed by atoms with Crippen LogP contribution < -0.4 is 11.1 Å². The number of nitrogens with two attached hydrogens (primary N) is 1. The second-order valence-electron chi connectivity index (χ2n) is 6.49. The fraction of sp³-hybridized carbons (Fsp3) is 0.0909. The third kappa shape index (κ3) is 3.68. The van der Waals surface area contributed by atoms with Gasteiger partial charge in [-0.25, -0.2) is 4.98 Å². The molecule has 6 heteroatoms. The highest BCUT2D eigenvalue weighted by molar-refractivity contribution is 7.14. The van der Waals surface area contributed by atoms with Gasteiger partial charge in [-0.2, -0.15) is 0 Å². The molecule has 1 amide bonds. The van der Waals surface area contributed by atoms with Crippen molar-refractivity contribution in [1.29, 1.82) is 0 Å². The number of thiazole rings is 1. The standard InChI is InChI=1S/C22H20N4OS/c1-15-18(21(23)27)12-20(26(15)13-16-8-4-2-5-9-16)19-14-28-22(25-19)24-17-10-6-3-7-11-17/h2-12,14H,13H2,1H3,(H2,23,27)(H,24,25). The summed E-state index contributed by atoms with van der Waals surface area (Å²) in [6.07, 6.45) is 0. The fourth-order valence-electron chi connectivity index (χ4n) is 3.17. The smallest absolute Gasteiger partial charge is 0.250 e. The summed E-state index contributed by atoms with van der Waals surface area (Å²) in [7, 11) is 0. The molecular weight excluding hydrogens is 368 g/mol. The van der Waals surface area contributed by atoms with Crippen LogP contribution >= 0.6 is 11.3 Å². The van der Waals surface area contributed by atoms with Crippen molar-refractivity contribution in [1.82, 2.24) is 9.55 Å². The molecule has 4 rings (SSSR count). The maximum atomic E-state index is 11.9. The SMILES string of the molecule is Cc1c(C(N)=O)cc(-c2csc(Nc3ccccc3)n2)n1Cc1ccccc1. The van der Waals surface area contributed by atoms with Crippen LogP contribution in [0.2, 0.25) is 0 Å². The number of primary amides is 1. The van der Waals surface area contributed by atoms with Gasteiger partial charge in [-0.1, -0.05) is 48.5 Å². The van der Waals surface area contributed by atoms with Crippen molar-refractivity contribution in [3.8, 4) is 11.4 Å². The first-order chi connectivity index (χ1) is 13.6. The normalized spacial score (nSPS) is 10.8. The van der Waals surface area contributed by atoms with E-state index in [2.05, 4.69) is 22.0 Å². The molecule has 3 N–H and O–H groups in total. The molecule has 2 aromatic heterocycles. The van der Waals surface area contributed by atoms with Gasteiger partial charge in [0.1, 0.15) is 0 Å². The third-order valence-corrected chi connectivity index (χ3v) is 5.36. The molecule has 0 saturated heterocycles. The third-order valence-electron chi connectivity index (χ3n) is 4.61. The Kier molecular flexibility index (Phi) is 4.95. The van der Waals surface area contributed by atoms with Crippen molar-refractivity contribution in [2.75, 3.05) is 5.32 Å². The van der Waals surface area contributed by atoms with Crippen LogP contribution in [0.5, 0.6) is 0 Å². The van der Waals surface area contributed by atoms with Crippen LogP contribution in [0.15, 0.2) is 72.1 Å². The number of aromatic nitrogens is 2. The Morgan fingerprint density at radius 2 is 1.79 bits per heavy atom. The Morgan fingerprint density at radius 1 is 1.11 bits per heavy atom. The predicted octanol–water partition coefficient (Wildman–Crippen LogP) is 4.81. The molecule has 140 valence electrons. The fourth-order valence-corrected chi connectivity index (χ4v) is 3.89. The Bertz CT molecular complexity index is 1100. The highest BCUT2D eigenvalue weighted by Crippen LogP contribution is 2.31. The second-order valence-corrected chi connectivity index (χ2v) is 7.35. The lowest BCUT2D eigenvalue weighted by Gasteiger charge is -2.11. The molecule has 0 saturated carbocycles. The topological polar surface area (TPSA) is 72.9 Å². The van der Waals surface area contributed by atoms with Crippen LogP contribution in [-0.2, 0) is 6.54 Å². The lowest BCUT2D eigenvalue weighted by Crippen LogP contribution is -2.12. The van der Waals surface area contributed by atoms with Gasteiger partial charge in [-0.15, -0.1) is 11.3 Å². The van der Waals surface area contributed by atoms with Gasteiger partial charge in [-0.3, -0.25) is 4.79 Å². The zero-order chi connectivity index (χ0) is 19.5. The van der Waals surface area contributed by atoms with Gasteiger partial charge in [0, 0.05) is 23.3 Å². The molecule has 0 atom stereocenters. The molecule has 5 nitrogen and oxygen atoms in total. The molecule has 0 unspecified atom stereocenters. The van der Waals surface area contributed by atoms with E-state index in [0.717, 1.165) is 33.5 Å². The zero-order valence-electron chi connectivity index (χ0n) is 15.4. The number of carbonyl (C=O) groups excluding carboxylic acids is 1.